The Morgan fingerprint density at radius 3 is 2.33 bits per heavy atom. The molecule has 0 aromatic carbocycles. The molecule has 2 aliphatic heterocycles. The van der Waals surface area contributed by atoms with Gasteiger partial charge in [0, 0.05) is 45.6 Å². The van der Waals surface area contributed by atoms with Crippen molar-refractivity contribution in [3.05, 3.63) is 0 Å². The Morgan fingerprint density at radius 1 is 1.05 bits per heavy atom. The second kappa shape index (κ2) is 6.54. The fraction of sp³-hybridized carbons (Fsp3) is 0.929. The van der Waals surface area contributed by atoms with E-state index >= 15 is 0 Å². The maximum Gasteiger partial charge on any atom is 0.250 e. The summed E-state index contributed by atoms with van der Waals surface area (Å²) in [7, 11) is 0. The number of aliphatic hydroxyl groups excluding tert-OH is 1. The summed E-state index contributed by atoms with van der Waals surface area (Å²) in [5, 5.41) is 19.6. The van der Waals surface area contributed by atoms with Crippen LogP contribution in [0.5, 0.6) is 0 Å². The number of rotatable bonds is 3. The molecule has 0 aromatic rings. The van der Waals surface area contributed by atoms with Gasteiger partial charge >= 0.3 is 0 Å². The number of carbonyl (C=O) groups is 1. The molecule has 0 aliphatic carbocycles. The largest absolute Gasteiger partial charge is 0.388 e. The second-order valence-electron chi connectivity index (χ2n) is 6.25. The molecule has 0 aromatic heterocycles. The van der Waals surface area contributed by atoms with Gasteiger partial charge in [-0.2, -0.15) is 0 Å². The van der Waals surface area contributed by atoms with E-state index in [-0.39, 0.29) is 18.7 Å². The quantitative estimate of drug-likeness (QED) is 0.795. The van der Waals surface area contributed by atoms with E-state index in [2.05, 4.69) is 0 Å². The van der Waals surface area contributed by atoms with Crippen LogP contribution >= 0.6 is 0 Å². The summed E-state index contributed by atoms with van der Waals surface area (Å²) in [6.45, 7) is 1.40. The van der Waals surface area contributed by atoms with Crippen LogP contribution < -0.4 is 0 Å². The minimum absolute atomic E-state index is 0.155. The highest BCUT2D eigenvalue weighted by atomic mass is 19.3. The Morgan fingerprint density at radius 2 is 1.71 bits per heavy atom. The van der Waals surface area contributed by atoms with E-state index < -0.39 is 18.1 Å². The standard InChI is InChI=1S/C14H24F2N2O3/c15-14(16)4-7-17(8-5-14)11-13(21)2-1-6-18(9-3-13)12(20)10-19/h19,21H,1-11H2/t13-/m0/s1. The van der Waals surface area contributed by atoms with Crippen molar-refractivity contribution in [2.75, 3.05) is 39.3 Å². The summed E-state index contributed by atoms with van der Waals surface area (Å²) >= 11 is 0. The van der Waals surface area contributed by atoms with Crippen LogP contribution in [0.3, 0.4) is 0 Å². The molecule has 122 valence electrons. The van der Waals surface area contributed by atoms with Gasteiger partial charge in [0.25, 0.3) is 5.92 Å². The van der Waals surface area contributed by atoms with E-state index in [1.165, 1.54) is 0 Å². The number of carbonyl (C=O) groups excluding carboxylic acids is 1. The summed E-state index contributed by atoms with van der Waals surface area (Å²) in [5.74, 6) is -2.90. The van der Waals surface area contributed by atoms with Crippen LogP contribution in [0.4, 0.5) is 8.78 Å². The third-order valence-electron chi connectivity index (χ3n) is 4.51. The van der Waals surface area contributed by atoms with Gasteiger partial charge in [0.1, 0.15) is 6.61 Å². The molecule has 1 atom stereocenters. The Hall–Kier alpha value is -0.790. The van der Waals surface area contributed by atoms with Crippen molar-refractivity contribution in [3.8, 4) is 0 Å². The van der Waals surface area contributed by atoms with E-state index in [1.807, 2.05) is 4.90 Å². The number of β-amino-alcohol motifs (C(OH)–C–C–N with tert-alkyl or cyclic N) is 1. The lowest BCUT2D eigenvalue weighted by Gasteiger charge is -2.37. The molecule has 5 nitrogen and oxygen atoms in total. The third kappa shape index (κ3) is 4.59. The van der Waals surface area contributed by atoms with Crippen LogP contribution in [0.15, 0.2) is 0 Å². The number of likely N-dealkylation sites (tertiary alicyclic amines) is 2. The minimum atomic E-state index is -2.58. The first kappa shape index (κ1) is 16.6. The highest BCUT2D eigenvalue weighted by molar-refractivity contribution is 5.77. The highest BCUT2D eigenvalue weighted by Gasteiger charge is 2.38. The smallest absolute Gasteiger partial charge is 0.250 e. The molecule has 2 fully saturated rings. The van der Waals surface area contributed by atoms with Crippen molar-refractivity contribution in [1.82, 2.24) is 9.80 Å². The molecule has 2 aliphatic rings. The van der Waals surface area contributed by atoms with Gasteiger partial charge in [0.15, 0.2) is 0 Å². The van der Waals surface area contributed by atoms with Gasteiger partial charge in [-0.1, -0.05) is 0 Å². The van der Waals surface area contributed by atoms with Gasteiger partial charge < -0.3 is 20.0 Å². The molecule has 0 radical (unpaired) electrons. The van der Waals surface area contributed by atoms with Gasteiger partial charge in [-0.05, 0) is 19.3 Å². The molecule has 0 bridgehead atoms. The van der Waals surface area contributed by atoms with E-state index in [9.17, 15) is 18.7 Å². The molecule has 0 spiro atoms. The van der Waals surface area contributed by atoms with Gasteiger partial charge in [0.05, 0.1) is 5.60 Å². The Kier molecular flexibility index (Phi) is 5.16. The van der Waals surface area contributed by atoms with Crippen molar-refractivity contribution < 1.29 is 23.8 Å². The Balaban J connectivity index is 1.86. The van der Waals surface area contributed by atoms with Crippen molar-refractivity contribution in [1.29, 1.82) is 0 Å². The average molecular weight is 306 g/mol. The van der Waals surface area contributed by atoms with Gasteiger partial charge in [-0.25, -0.2) is 8.78 Å². The summed E-state index contributed by atoms with van der Waals surface area (Å²) in [6, 6.07) is 0. The minimum Gasteiger partial charge on any atom is -0.388 e. The van der Waals surface area contributed by atoms with Crippen LogP contribution in [-0.4, -0.2) is 76.8 Å². The molecule has 2 saturated heterocycles. The number of piperidine rings is 1. The fourth-order valence-corrected chi connectivity index (χ4v) is 3.14. The topological polar surface area (TPSA) is 64.0 Å². The van der Waals surface area contributed by atoms with E-state index in [0.717, 1.165) is 0 Å². The van der Waals surface area contributed by atoms with Gasteiger partial charge in [0.2, 0.25) is 5.91 Å². The molecule has 2 rings (SSSR count). The van der Waals surface area contributed by atoms with Crippen LogP contribution in [0, 0.1) is 0 Å². The lowest BCUT2D eigenvalue weighted by Crippen LogP contribution is -2.48. The number of alkyl halides is 2. The average Bonchev–Trinajstić information content (AvgIpc) is 2.63. The van der Waals surface area contributed by atoms with Crippen molar-refractivity contribution in [2.45, 2.75) is 43.6 Å². The van der Waals surface area contributed by atoms with Crippen molar-refractivity contribution in [2.24, 2.45) is 0 Å². The summed E-state index contributed by atoms with van der Waals surface area (Å²) in [4.78, 5) is 14.9. The zero-order chi connectivity index (χ0) is 15.5. The maximum absolute atomic E-state index is 13.1. The van der Waals surface area contributed by atoms with E-state index in [0.29, 0.717) is 52.0 Å². The van der Waals surface area contributed by atoms with Crippen LogP contribution in [0.1, 0.15) is 32.1 Å². The zero-order valence-corrected chi connectivity index (χ0v) is 12.2. The molecule has 21 heavy (non-hydrogen) atoms. The number of hydrogen-bond donors (Lipinski definition) is 2. The lowest BCUT2D eigenvalue weighted by molar-refractivity contribution is -0.134. The maximum atomic E-state index is 13.1. The van der Waals surface area contributed by atoms with Gasteiger partial charge in [-0.3, -0.25) is 4.79 Å². The number of aliphatic hydroxyl groups is 2. The summed E-state index contributed by atoms with van der Waals surface area (Å²) in [6.07, 6.45) is 1.32. The lowest BCUT2D eigenvalue weighted by atomic mass is 9.93. The molecule has 0 saturated carbocycles. The third-order valence-corrected chi connectivity index (χ3v) is 4.51. The molecular formula is C14H24F2N2O3. The van der Waals surface area contributed by atoms with E-state index in [4.69, 9.17) is 5.11 Å². The molecule has 1 amide bonds. The molecule has 7 heteroatoms. The molecule has 2 N–H and O–H groups in total. The zero-order valence-electron chi connectivity index (χ0n) is 12.2. The van der Waals surface area contributed by atoms with Crippen LogP contribution in [0.25, 0.3) is 0 Å². The first-order chi connectivity index (χ1) is 9.84. The first-order valence-corrected chi connectivity index (χ1v) is 7.55. The first-order valence-electron chi connectivity index (χ1n) is 7.55. The second-order valence-corrected chi connectivity index (χ2v) is 6.25. The van der Waals surface area contributed by atoms with Crippen LogP contribution in [0.2, 0.25) is 0 Å². The number of halogens is 2. The van der Waals surface area contributed by atoms with Crippen LogP contribution in [-0.2, 0) is 4.79 Å². The number of hydrogen-bond acceptors (Lipinski definition) is 4. The van der Waals surface area contributed by atoms with Crippen molar-refractivity contribution >= 4 is 5.91 Å². The summed E-state index contributed by atoms with van der Waals surface area (Å²) < 4.78 is 26.3. The number of nitrogens with zero attached hydrogens (tertiary/aromatic N) is 2. The molecule has 0 unspecified atom stereocenters. The van der Waals surface area contributed by atoms with E-state index in [1.54, 1.807) is 4.90 Å². The fourth-order valence-electron chi connectivity index (χ4n) is 3.14. The molecular weight excluding hydrogens is 282 g/mol. The van der Waals surface area contributed by atoms with Crippen molar-refractivity contribution in [3.63, 3.8) is 0 Å². The Labute approximate surface area is 123 Å². The predicted molar refractivity (Wildman–Crippen MR) is 73.1 cm³/mol. The molecule has 2 heterocycles. The number of amides is 1. The normalized spacial score (nSPS) is 31.0. The predicted octanol–water partition coefficient (Wildman–Crippen LogP) is 0.453. The SMILES string of the molecule is O=C(CO)N1CCC[C@@](O)(CN2CCC(F)(F)CC2)CC1. The Bertz CT molecular complexity index is 371. The monoisotopic (exact) mass is 306 g/mol. The van der Waals surface area contributed by atoms with Gasteiger partial charge in [-0.15, -0.1) is 0 Å². The highest BCUT2D eigenvalue weighted by Crippen LogP contribution is 2.30. The summed E-state index contributed by atoms with van der Waals surface area (Å²) in [5.41, 5.74) is -0.933.